The molecular formula is C15H23NO2. The van der Waals surface area contributed by atoms with Crippen molar-refractivity contribution in [2.75, 3.05) is 26.4 Å². The third kappa shape index (κ3) is 3.72. The predicted molar refractivity (Wildman–Crippen MR) is 73.3 cm³/mol. The second-order valence-electron chi connectivity index (χ2n) is 5.06. The van der Waals surface area contributed by atoms with Crippen LogP contribution in [0.1, 0.15) is 31.7 Å². The average Bonchev–Trinajstić information content (AvgIpc) is 2.38. The Bertz CT molecular complexity index is 365. The number of ether oxygens (including phenoxy) is 2. The molecule has 1 aromatic carbocycles. The molecule has 0 fully saturated rings. The summed E-state index contributed by atoms with van der Waals surface area (Å²) >= 11 is 0. The maximum atomic E-state index is 5.76. The fourth-order valence-corrected chi connectivity index (χ4v) is 2.23. The highest BCUT2D eigenvalue weighted by atomic mass is 16.5. The van der Waals surface area contributed by atoms with E-state index in [4.69, 9.17) is 9.47 Å². The minimum atomic E-state index is 0.481. The topological polar surface area (TPSA) is 30.5 Å². The number of hydrogen-bond acceptors (Lipinski definition) is 3. The smallest absolute Gasteiger partial charge is 0.122 e. The lowest BCUT2D eigenvalue weighted by Crippen LogP contribution is -2.27. The fraction of sp³-hybridized carbons (Fsp3) is 0.600. The van der Waals surface area contributed by atoms with Gasteiger partial charge in [-0.05, 0) is 18.1 Å². The van der Waals surface area contributed by atoms with Gasteiger partial charge in [0.25, 0.3) is 0 Å². The molecule has 1 aliphatic rings. The molecule has 2 rings (SSSR count). The van der Waals surface area contributed by atoms with Crippen molar-refractivity contribution in [1.29, 1.82) is 0 Å². The van der Waals surface area contributed by atoms with Crippen LogP contribution in [0, 0.1) is 0 Å². The number of fused-ring (bicyclic) bond motifs is 1. The lowest BCUT2D eigenvalue weighted by Gasteiger charge is -2.25. The fourth-order valence-electron chi connectivity index (χ4n) is 2.23. The van der Waals surface area contributed by atoms with E-state index in [-0.39, 0.29) is 0 Å². The molecule has 0 bridgehead atoms. The second kappa shape index (κ2) is 6.76. The van der Waals surface area contributed by atoms with Crippen molar-refractivity contribution in [1.82, 2.24) is 5.32 Å². The van der Waals surface area contributed by atoms with Crippen molar-refractivity contribution in [3.05, 3.63) is 29.8 Å². The number of rotatable bonds is 6. The molecule has 1 aromatic rings. The summed E-state index contributed by atoms with van der Waals surface area (Å²) in [5.74, 6) is 1.51. The van der Waals surface area contributed by atoms with Crippen molar-refractivity contribution < 1.29 is 9.47 Å². The molecule has 0 aromatic heterocycles. The molecule has 18 heavy (non-hydrogen) atoms. The zero-order valence-electron chi connectivity index (χ0n) is 11.3. The Hall–Kier alpha value is -1.06. The third-order valence-electron chi connectivity index (χ3n) is 3.20. The minimum Gasteiger partial charge on any atom is -0.493 e. The quantitative estimate of drug-likeness (QED) is 0.786. The Kier molecular flexibility index (Phi) is 5.02. The van der Waals surface area contributed by atoms with Crippen LogP contribution < -0.4 is 10.1 Å². The van der Waals surface area contributed by atoms with Gasteiger partial charge < -0.3 is 14.8 Å². The van der Waals surface area contributed by atoms with E-state index in [1.165, 1.54) is 5.56 Å². The van der Waals surface area contributed by atoms with Crippen LogP contribution in [0.5, 0.6) is 5.75 Å². The molecule has 0 saturated carbocycles. The monoisotopic (exact) mass is 249 g/mol. The molecule has 1 atom stereocenters. The first-order valence-corrected chi connectivity index (χ1v) is 6.80. The number of para-hydroxylation sites is 1. The van der Waals surface area contributed by atoms with Crippen LogP contribution in [-0.2, 0) is 4.74 Å². The summed E-state index contributed by atoms with van der Waals surface area (Å²) in [5.41, 5.74) is 1.29. The van der Waals surface area contributed by atoms with Crippen LogP contribution >= 0.6 is 0 Å². The van der Waals surface area contributed by atoms with E-state index < -0.39 is 0 Å². The van der Waals surface area contributed by atoms with E-state index in [1.54, 1.807) is 0 Å². The summed E-state index contributed by atoms with van der Waals surface area (Å²) in [7, 11) is 0. The van der Waals surface area contributed by atoms with Gasteiger partial charge >= 0.3 is 0 Å². The van der Waals surface area contributed by atoms with Gasteiger partial charge in [-0.2, -0.15) is 0 Å². The summed E-state index contributed by atoms with van der Waals surface area (Å²) < 4.78 is 11.4. The molecular weight excluding hydrogens is 226 g/mol. The molecule has 1 heterocycles. The predicted octanol–water partition coefficient (Wildman–Crippen LogP) is 2.57. The van der Waals surface area contributed by atoms with E-state index in [2.05, 4.69) is 31.3 Å². The van der Waals surface area contributed by atoms with Gasteiger partial charge in [0.05, 0.1) is 19.8 Å². The highest BCUT2D eigenvalue weighted by Gasteiger charge is 2.20. The molecule has 3 heteroatoms. The normalized spacial score (nSPS) is 18.5. The molecule has 3 nitrogen and oxygen atoms in total. The highest BCUT2D eigenvalue weighted by molar-refractivity contribution is 5.37. The first-order valence-electron chi connectivity index (χ1n) is 6.80. The first kappa shape index (κ1) is 13.4. The first-order chi connectivity index (χ1) is 8.77. The number of benzene rings is 1. The third-order valence-corrected chi connectivity index (χ3v) is 3.20. The van der Waals surface area contributed by atoms with Crippen LogP contribution in [0.2, 0.25) is 0 Å². The lowest BCUT2D eigenvalue weighted by atomic mass is 9.94. The molecule has 0 spiro atoms. The van der Waals surface area contributed by atoms with E-state index in [0.29, 0.717) is 12.0 Å². The van der Waals surface area contributed by atoms with Crippen molar-refractivity contribution in [2.24, 2.45) is 0 Å². The van der Waals surface area contributed by atoms with Crippen molar-refractivity contribution in [3.63, 3.8) is 0 Å². The van der Waals surface area contributed by atoms with Gasteiger partial charge in [-0.1, -0.05) is 32.0 Å². The maximum absolute atomic E-state index is 5.76. The van der Waals surface area contributed by atoms with E-state index in [0.717, 1.165) is 38.5 Å². The van der Waals surface area contributed by atoms with Gasteiger partial charge in [0.2, 0.25) is 0 Å². The van der Waals surface area contributed by atoms with Crippen LogP contribution in [0.15, 0.2) is 24.3 Å². The van der Waals surface area contributed by atoms with Gasteiger partial charge in [-0.3, -0.25) is 0 Å². The lowest BCUT2D eigenvalue weighted by molar-refractivity contribution is 0.106. The number of nitrogens with one attached hydrogen (secondary N) is 1. The summed E-state index contributed by atoms with van der Waals surface area (Å²) in [6.07, 6.45) is 1.05. The molecule has 1 aliphatic heterocycles. The van der Waals surface area contributed by atoms with Gasteiger partial charge in [0, 0.05) is 18.5 Å². The maximum Gasteiger partial charge on any atom is 0.122 e. The summed E-state index contributed by atoms with van der Waals surface area (Å²) in [4.78, 5) is 0. The zero-order chi connectivity index (χ0) is 12.8. The molecule has 0 radical (unpaired) electrons. The van der Waals surface area contributed by atoms with E-state index >= 15 is 0 Å². The van der Waals surface area contributed by atoms with Crippen LogP contribution in [0.4, 0.5) is 0 Å². The highest BCUT2D eigenvalue weighted by Crippen LogP contribution is 2.33. The Morgan fingerprint density at radius 2 is 2.22 bits per heavy atom. The Balaban J connectivity index is 1.77. The van der Waals surface area contributed by atoms with Crippen molar-refractivity contribution in [2.45, 2.75) is 32.2 Å². The Morgan fingerprint density at radius 3 is 3.06 bits per heavy atom. The van der Waals surface area contributed by atoms with Crippen LogP contribution in [-0.4, -0.2) is 32.4 Å². The largest absolute Gasteiger partial charge is 0.493 e. The molecule has 1 unspecified atom stereocenters. The van der Waals surface area contributed by atoms with Crippen LogP contribution in [0.25, 0.3) is 0 Å². The molecule has 0 amide bonds. The molecule has 0 saturated heterocycles. The summed E-state index contributed by atoms with van der Waals surface area (Å²) in [6, 6.07) is 8.81. The standard InChI is InChI=1S/C15H23NO2/c1-12(2)16-8-10-17-11-13-7-9-18-15-6-4-3-5-14(13)15/h3-6,12-13,16H,7-11H2,1-2H3. The molecule has 100 valence electrons. The zero-order valence-corrected chi connectivity index (χ0v) is 11.3. The Labute approximate surface area is 109 Å². The molecule has 1 N–H and O–H groups in total. The SMILES string of the molecule is CC(C)NCCOCC1CCOc2ccccc21. The number of hydrogen-bond donors (Lipinski definition) is 1. The van der Waals surface area contributed by atoms with Gasteiger partial charge in [-0.15, -0.1) is 0 Å². The van der Waals surface area contributed by atoms with E-state index in [9.17, 15) is 0 Å². The van der Waals surface area contributed by atoms with Gasteiger partial charge in [0.15, 0.2) is 0 Å². The molecule has 0 aliphatic carbocycles. The van der Waals surface area contributed by atoms with Crippen molar-refractivity contribution >= 4 is 0 Å². The Morgan fingerprint density at radius 1 is 1.39 bits per heavy atom. The summed E-state index contributed by atoms with van der Waals surface area (Å²) in [6.45, 7) is 7.58. The van der Waals surface area contributed by atoms with Crippen LogP contribution in [0.3, 0.4) is 0 Å². The van der Waals surface area contributed by atoms with Gasteiger partial charge in [0.1, 0.15) is 5.75 Å². The van der Waals surface area contributed by atoms with Gasteiger partial charge in [-0.25, -0.2) is 0 Å². The summed E-state index contributed by atoms with van der Waals surface area (Å²) in [5, 5.41) is 3.35. The van der Waals surface area contributed by atoms with Crippen molar-refractivity contribution in [3.8, 4) is 5.75 Å². The second-order valence-corrected chi connectivity index (χ2v) is 5.06. The minimum absolute atomic E-state index is 0.481. The average molecular weight is 249 g/mol. The van der Waals surface area contributed by atoms with E-state index in [1.807, 2.05) is 12.1 Å².